The lowest BCUT2D eigenvalue weighted by molar-refractivity contribution is -0.0170. The van der Waals surface area contributed by atoms with Crippen molar-refractivity contribution in [3.8, 4) is 11.5 Å². The van der Waals surface area contributed by atoms with Gasteiger partial charge in [-0.3, -0.25) is 9.58 Å². The summed E-state index contributed by atoms with van der Waals surface area (Å²) in [5, 5.41) is 15.7. The molecule has 1 fully saturated rings. The van der Waals surface area contributed by atoms with Gasteiger partial charge in [0.1, 0.15) is 18.1 Å². The summed E-state index contributed by atoms with van der Waals surface area (Å²) in [5.41, 5.74) is 5.03. The van der Waals surface area contributed by atoms with Crippen molar-refractivity contribution in [2.24, 2.45) is 0 Å². The molecule has 1 aliphatic heterocycles. The fourth-order valence-electron chi connectivity index (χ4n) is 5.01. The highest BCUT2D eigenvalue weighted by atomic mass is 16.5. The maximum atomic E-state index is 11.2. The van der Waals surface area contributed by atoms with E-state index in [-0.39, 0.29) is 0 Å². The van der Waals surface area contributed by atoms with Crippen LogP contribution in [0.5, 0.6) is 11.5 Å². The summed E-state index contributed by atoms with van der Waals surface area (Å²) in [6.07, 6.45) is 3.34. The molecule has 0 aliphatic carbocycles. The minimum Gasteiger partial charge on any atom is -0.494 e. The lowest BCUT2D eigenvalue weighted by Crippen LogP contribution is -2.37. The summed E-state index contributed by atoms with van der Waals surface area (Å²) < 4.78 is 14.1. The first-order valence-electron chi connectivity index (χ1n) is 13.2. The van der Waals surface area contributed by atoms with Gasteiger partial charge >= 0.3 is 0 Å². The normalized spacial score (nSPS) is 18.7. The lowest BCUT2D eigenvalue weighted by atomic mass is 9.96. The predicted octanol–water partition coefficient (Wildman–Crippen LogP) is 5.38. The van der Waals surface area contributed by atoms with Crippen molar-refractivity contribution in [2.75, 3.05) is 26.3 Å². The van der Waals surface area contributed by atoms with E-state index >= 15 is 0 Å². The van der Waals surface area contributed by atoms with E-state index in [0.717, 1.165) is 68.2 Å². The first-order valence-corrected chi connectivity index (χ1v) is 13.2. The largest absolute Gasteiger partial charge is 0.494 e. The number of hydrogen-bond acceptors (Lipinski definition) is 5. The number of aryl methyl sites for hydroxylation is 5. The van der Waals surface area contributed by atoms with Gasteiger partial charge in [0.25, 0.3) is 0 Å². The number of aromatic nitrogens is 2. The average molecular weight is 492 g/mol. The van der Waals surface area contributed by atoms with E-state index in [1.807, 2.05) is 23.7 Å². The SMILES string of the molecule is Cc1ccc(OC[C@]2(O)CCCN(Cc3cccc(OCCCn4nc(C)cc4C)c3)CC2)c(C)c1. The van der Waals surface area contributed by atoms with Gasteiger partial charge in [0.2, 0.25) is 0 Å². The molecule has 2 heterocycles. The molecule has 1 saturated heterocycles. The zero-order valence-corrected chi connectivity index (χ0v) is 22.3. The van der Waals surface area contributed by atoms with Gasteiger partial charge in [0, 0.05) is 31.7 Å². The molecule has 194 valence electrons. The molecule has 0 unspecified atom stereocenters. The predicted molar refractivity (Wildman–Crippen MR) is 144 cm³/mol. The third kappa shape index (κ3) is 7.34. The van der Waals surface area contributed by atoms with Gasteiger partial charge < -0.3 is 14.6 Å². The monoisotopic (exact) mass is 491 g/mol. The van der Waals surface area contributed by atoms with Crippen molar-refractivity contribution in [2.45, 2.75) is 72.1 Å². The Balaban J connectivity index is 1.24. The Kier molecular flexibility index (Phi) is 8.70. The smallest absolute Gasteiger partial charge is 0.122 e. The van der Waals surface area contributed by atoms with Crippen LogP contribution in [-0.4, -0.2) is 51.7 Å². The molecular formula is C30H41N3O3. The van der Waals surface area contributed by atoms with Crippen LogP contribution in [0, 0.1) is 27.7 Å². The Hall–Kier alpha value is -2.83. The average Bonchev–Trinajstić information content (AvgIpc) is 3.04. The van der Waals surface area contributed by atoms with Crippen LogP contribution >= 0.6 is 0 Å². The molecule has 2 aromatic carbocycles. The first kappa shape index (κ1) is 26.2. The van der Waals surface area contributed by atoms with Crippen LogP contribution in [0.1, 0.15) is 53.8 Å². The molecule has 1 atom stereocenters. The minimum absolute atomic E-state index is 0.339. The van der Waals surface area contributed by atoms with E-state index in [4.69, 9.17) is 9.47 Å². The van der Waals surface area contributed by atoms with Crippen molar-refractivity contribution in [3.63, 3.8) is 0 Å². The highest BCUT2D eigenvalue weighted by Crippen LogP contribution is 2.27. The number of hydrogen-bond donors (Lipinski definition) is 1. The van der Waals surface area contributed by atoms with Gasteiger partial charge in [-0.25, -0.2) is 0 Å². The molecule has 6 heteroatoms. The molecule has 0 radical (unpaired) electrons. The molecule has 6 nitrogen and oxygen atoms in total. The third-order valence-corrected chi connectivity index (χ3v) is 7.03. The van der Waals surface area contributed by atoms with E-state index in [1.165, 1.54) is 16.8 Å². The van der Waals surface area contributed by atoms with Gasteiger partial charge in [0.15, 0.2) is 0 Å². The Morgan fingerprint density at radius 2 is 1.83 bits per heavy atom. The Morgan fingerprint density at radius 3 is 2.61 bits per heavy atom. The summed E-state index contributed by atoms with van der Waals surface area (Å²) in [5.74, 6) is 1.77. The Morgan fingerprint density at radius 1 is 0.972 bits per heavy atom. The molecular weight excluding hydrogens is 450 g/mol. The highest BCUT2D eigenvalue weighted by molar-refractivity contribution is 5.35. The maximum Gasteiger partial charge on any atom is 0.122 e. The van der Waals surface area contributed by atoms with E-state index < -0.39 is 5.60 Å². The summed E-state index contributed by atoms with van der Waals surface area (Å²) >= 11 is 0. The van der Waals surface area contributed by atoms with Crippen LogP contribution in [0.4, 0.5) is 0 Å². The number of aliphatic hydroxyl groups is 1. The molecule has 1 aromatic heterocycles. The van der Waals surface area contributed by atoms with Crippen LogP contribution in [-0.2, 0) is 13.1 Å². The van der Waals surface area contributed by atoms with Gasteiger partial charge in [-0.2, -0.15) is 5.10 Å². The third-order valence-electron chi connectivity index (χ3n) is 7.03. The van der Waals surface area contributed by atoms with E-state index in [0.29, 0.717) is 19.6 Å². The number of nitrogens with zero attached hydrogens (tertiary/aromatic N) is 3. The zero-order valence-electron chi connectivity index (χ0n) is 22.3. The van der Waals surface area contributed by atoms with Crippen LogP contribution in [0.15, 0.2) is 48.5 Å². The Labute approximate surface area is 215 Å². The molecule has 0 spiro atoms. The Bertz CT molecular complexity index is 1140. The number of rotatable bonds is 10. The highest BCUT2D eigenvalue weighted by Gasteiger charge is 2.31. The minimum atomic E-state index is -0.789. The van der Waals surface area contributed by atoms with Gasteiger partial charge in [0.05, 0.1) is 17.9 Å². The van der Waals surface area contributed by atoms with Crippen molar-refractivity contribution < 1.29 is 14.6 Å². The molecule has 1 aliphatic rings. The number of ether oxygens (including phenoxy) is 2. The van der Waals surface area contributed by atoms with Crippen molar-refractivity contribution in [1.82, 2.24) is 14.7 Å². The molecule has 0 amide bonds. The van der Waals surface area contributed by atoms with Crippen LogP contribution in [0.3, 0.4) is 0 Å². The lowest BCUT2D eigenvalue weighted by Gasteiger charge is -2.27. The second kappa shape index (κ2) is 11.9. The van der Waals surface area contributed by atoms with Crippen LogP contribution in [0.2, 0.25) is 0 Å². The fourth-order valence-corrected chi connectivity index (χ4v) is 5.01. The molecule has 36 heavy (non-hydrogen) atoms. The molecule has 0 saturated carbocycles. The van der Waals surface area contributed by atoms with Gasteiger partial charge in [-0.1, -0.05) is 29.8 Å². The van der Waals surface area contributed by atoms with Gasteiger partial charge in [-0.05, 0) is 88.9 Å². The molecule has 4 rings (SSSR count). The second-order valence-electron chi connectivity index (χ2n) is 10.4. The summed E-state index contributed by atoms with van der Waals surface area (Å²) in [6, 6.07) is 16.7. The van der Waals surface area contributed by atoms with Crippen LogP contribution < -0.4 is 9.47 Å². The fraction of sp³-hybridized carbons (Fsp3) is 0.500. The summed E-state index contributed by atoms with van der Waals surface area (Å²) in [6.45, 7) is 12.8. The summed E-state index contributed by atoms with van der Waals surface area (Å²) in [4.78, 5) is 2.43. The molecule has 3 aromatic rings. The first-order chi connectivity index (χ1) is 17.3. The standard InChI is InChI=1S/C30H41N3O3/c1-23-10-11-29(24(2)18-23)36-22-30(34)12-6-14-32(16-13-30)21-27-8-5-9-28(20-27)35-17-7-15-33-26(4)19-25(3)31-33/h5,8-11,18-20,34H,6-7,12-17,21-22H2,1-4H3/t30-/m0/s1. The second-order valence-corrected chi connectivity index (χ2v) is 10.4. The van der Waals surface area contributed by atoms with Crippen molar-refractivity contribution >= 4 is 0 Å². The summed E-state index contributed by atoms with van der Waals surface area (Å²) in [7, 11) is 0. The van der Waals surface area contributed by atoms with Gasteiger partial charge in [-0.15, -0.1) is 0 Å². The molecule has 0 bridgehead atoms. The topological polar surface area (TPSA) is 59.8 Å². The van der Waals surface area contributed by atoms with E-state index in [1.54, 1.807) is 0 Å². The van der Waals surface area contributed by atoms with Crippen molar-refractivity contribution in [3.05, 3.63) is 76.6 Å². The maximum absolute atomic E-state index is 11.2. The number of benzene rings is 2. The number of likely N-dealkylation sites (tertiary alicyclic amines) is 1. The molecule has 1 N–H and O–H groups in total. The van der Waals surface area contributed by atoms with E-state index in [2.05, 4.69) is 67.2 Å². The van der Waals surface area contributed by atoms with Crippen LogP contribution in [0.25, 0.3) is 0 Å². The van der Waals surface area contributed by atoms with Crippen molar-refractivity contribution in [1.29, 1.82) is 0 Å². The van der Waals surface area contributed by atoms with E-state index in [9.17, 15) is 5.11 Å². The quantitative estimate of drug-likeness (QED) is 0.386. The zero-order chi connectivity index (χ0) is 25.5.